The van der Waals surface area contributed by atoms with E-state index in [4.69, 9.17) is 4.52 Å². The molecule has 0 aliphatic heterocycles. The van der Waals surface area contributed by atoms with Crippen molar-refractivity contribution < 1.29 is 18.1 Å². The number of alkyl halides is 2. The number of hydrogen-bond acceptors (Lipinski definition) is 5. The van der Waals surface area contributed by atoms with Crippen molar-refractivity contribution in [2.75, 3.05) is 6.54 Å². The summed E-state index contributed by atoms with van der Waals surface area (Å²) in [5.74, 6) is 1.24. The molecule has 0 saturated heterocycles. The zero-order valence-electron chi connectivity index (χ0n) is 18.5. The Balaban J connectivity index is 1.29. The van der Waals surface area contributed by atoms with E-state index < -0.39 is 6.43 Å². The van der Waals surface area contributed by atoms with Gasteiger partial charge in [-0.1, -0.05) is 5.16 Å². The van der Waals surface area contributed by atoms with Gasteiger partial charge in [0.15, 0.2) is 5.76 Å². The molecule has 0 radical (unpaired) electrons. The molecule has 4 rings (SSSR count). The molecule has 0 aromatic carbocycles. The van der Waals surface area contributed by atoms with Gasteiger partial charge >= 0.3 is 0 Å². The third kappa shape index (κ3) is 4.89. The molecule has 0 bridgehead atoms. The van der Waals surface area contributed by atoms with Crippen molar-refractivity contribution in [1.29, 1.82) is 0 Å². The third-order valence-corrected chi connectivity index (χ3v) is 6.09. The average molecular weight is 447 g/mol. The van der Waals surface area contributed by atoms with E-state index in [2.05, 4.69) is 20.7 Å². The van der Waals surface area contributed by atoms with Gasteiger partial charge < -0.3 is 9.84 Å². The number of carbonyl (C=O) groups is 1. The average Bonchev–Trinajstić information content (AvgIpc) is 3.46. The molecule has 3 aromatic heterocycles. The van der Waals surface area contributed by atoms with E-state index in [9.17, 15) is 13.6 Å². The van der Waals surface area contributed by atoms with E-state index in [1.807, 2.05) is 30.9 Å². The molecule has 3 aromatic rings. The van der Waals surface area contributed by atoms with Crippen LogP contribution < -0.4 is 5.32 Å². The summed E-state index contributed by atoms with van der Waals surface area (Å²) in [5, 5.41) is 15.4. The number of carbonyl (C=O) groups excluding carboxylic acids is 1. The van der Waals surface area contributed by atoms with E-state index in [0.717, 1.165) is 48.4 Å². The number of halogens is 2. The van der Waals surface area contributed by atoms with Gasteiger partial charge in [0.05, 0.1) is 17.0 Å². The van der Waals surface area contributed by atoms with Crippen molar-refractivity contribution in [2.45, 2.75) is 58.4 Å². The minimum atomic E-state index is -2.64. The molecule has 3 heterocycles. The number of aromatic nitrogens is 5. The first kappa shape index (κ1) is 22.2. The van der Waals surface area contributed by atoms with E-state index in [1.54, 1.807) is 6.92 Å². The van der Waals surface area contributed by atoms with Crippen molar-refractivity contribution >= 4 is 5.91 Å². The zero-order chi connectivity index (χ0) is 22.8. The third-order valence-electron chi connectivity index (χ3n) is 6.09. The highest BCUT2D eigenvalue weighted by molar-refractivity contribution is 5.75. The van der Waals surface area contributed by atoms with E-state index in [1.165, 1.54) is 10.7 Å². The van der Waals surface area contributed by atoms with Crippen LogP contribution in [0, 0.1) is 19.8 Å². The van der Waals surface area contributed by atoms with Crippen LogP contribution in [-0.4, -0.2) is 37.2 Å². The Kier molecular flexibility index (Phi) is 6.38. The molecular weight excluding hydrogens is 418 g/mol. The molecule has 1 amide bonds. The van der Waals surface area contributed by atoms with Gasteiger partial charge in [0.1, 0.15) is 12.2 Å². The smallest absolute Gasteiger partial charge is 0.282 e. The maximum Gasteiger partial charge on any atom is 0.282 e. The van der Waals surface area contributed by atoms with Crippen LogP contribution in [0.3, 0.4) is 0 Å². The molecule has 1 aliphatic carbocycles. The predicted molar refractivity (Wildman–Crippen MR) is 113 cm³/mol. The molecule has 1 N–H and O–H groups in total. The van der Waals surface area contributed by atoms with Crippen LogP contribution >= 0.6 is 0 Å². The monoisotopic (exact) mass is 446 g/mol. The van der Waals surface area contributed by atoms with Crippen molar-refractivity contribution in [3.8, 4) is 11.3 Å². The van der Waals surface area contributed by atoms with Gasteiger partial charge in [-0.3, -0.25) is 14.2 Å². The fraction of sp³-hybridized carbons (Fsp3) is 0.545. The number of aryl methyl sites for hydroxylation is 3. The van der Waals surface area contributed by atoms with Crippen molar-refractivity contribution in [1.82, 2.24) is 30.0 Å². The van der Waals surface area contributed by atoms with Crippen LogP contribution in [0.25, 0.3) is 11.3 Å². The zero-order valence-corrected chi connectivity index (χ0v) is 18.5. The van der Waals surface area contributed by atoms with Gasteiger partial charge in [-0.25, -0.2) is 8.78 Å². The van der Waals surface area contributed by atoms with Gasteiger partial charge in [0.25, 0.3) is 6.43 Å². The Morgan fingerprint density at radius 2 is 1.97 bits per heavy atom. The SMILES string of the molecule is Cc1cc(-c2cn(C)nc2C2CCC(CNC(=O)Cn3nc(C(F)F)cc3C)CC2)on1. The van der Waals surface area contributed by atoms with E-state index in [-0.39, 0.29) is 18.1 Å². The molecule has 8 nitrogen and oxygen atoms in total. The summed E-state index contributed by atoms with van der Waals surface area (Å²) in [6.07, 6.45) is 3.25. The van der Waals surface area contributed by atoms with Crippen molar-refractivity contribution in [3.05, 3.63) is 41.1 Å². The van der Waals surface area contributed by atoms with E-state index in [0.29, 0.717) is 24.1 Å². The Bertz CT molecular complexity index is 1080. The first-order chi connectivity index (χ1) is 15.3. The maximum atomic E-state index is 12.8. The second-order valence-corrected chi connectivity index (χ2v) is 8.62. The molecule has 0 spiro atoms. The lowest BCUT2D eigenvalue weighted by atomic mass is 9.79. The minimum absolute atomic E-state index is 0.0538. The lowest BCUT2D eigenvalue weighted by Crippen LogP contribution is -2.34. The summed E-state index contributed by atoms with van der Waals surface area (Å²) >= 11 is 0. The van der Waals surface area contributed by atoms with Crippen molar-refractivity contribution in [3.63, 3.8) is 0 Å². The van der Waals surface area contributed by atoms with Gasteiger partial charge in [0, 0.05) is 37.5 Å². The summed E-state index contributed by atoms with van der Waals surface area (Å²) < 4.78 is 34.1. The summed E-state index contributed by atoms with van der Waals surface area (Å²) in [6, 6.07) is 3.23. The lowest BCUT2D eigenvalue weighted by Gasteiger charge is -2.28. The largest absolute Gasteiger partial charge is 0.356 e. The highest BCUT2D eigenvalue weighted by Gasteiger charge is 2.28. The highest BCUT2D eigenvalue weighted by atomic mass is 19.3. The highest BCUT2D eigenvalue weighted by Crippen LogP contribution is 2.39. The van der Waals surface area contributed by atoms with Crippen LogP contribution in [-0.2, 0) is 18.4 Å². The Hall–Kier alpha value is -3.04. The fourth-order valence-corrected chi connectivity index (χ4v) is 4.38. The summed E-state index contributed by atoms with van der Waals surface area (Å²) in [4.78, 5) is 12.3. The predicted octanol–water partition coefficient (Wildman–Crippen LogP) is 3.92. The topological polar surface area (TPSA) is 90.8 Å². The molecule has 0 atom stereocenters. The number of hydrogen-bond donors (Lipinski definition) is 1. The lowest BCUT2D eigenvalue weighted by molar-refractivity contribution is -0.122. The second kappa shape index (κ2) is 9.22. The van der Waals surface area contributed by atoms with Crippen LogP contribution in [0.1, 0.15) is 60.8 Å². The molecule has 172 valence electrons. The first-order valence-corrected chi connectivity index (χ1v) is 10.9. The molecule has 10 heteroatoms. The molecule has 1 aliphatic rings. The quantitative estimate of drug-likeness (QED) is 0.594. The number of rotatable bonds is 7. The van der Waals surface area contributed by atoms with Gasteiger partial charge in [-0.05, 0) is 51.5 Å². The van der Waals surface area contributed by atoms with Crippen molar-refractivity contribution in [2.24, 2.45) is 13.0 Å². The number of nitrogens with one attached hydrogen (secondary N) is 1. The van der Waals surface area contributed by atoms with Crippen LogP contribution in [0.4, 0.5) is 8.78 Å². The van der Waals surface area contributed by atoms with Crippen LogP contribution in [0.5, 0.6) is 0 Å². The molecule has 0 unspecified atom stereocenters. The van der Waals surface area contributed by atoms with E-state index >= 15 is 0 Å². The van der Waals surface area contributed by atoms with Gasteiger partial charge in [-0.2, -0.15) is 10.2 Å². The minimum Gasteiger partial charge on any atom is -0.356 e. The summed E-state index contributed by atoms with van der Waals surface area (Å²) in [7, 11) is 1.91. The Morgan fingerprint density at radius 3 is 2.59 bits per heavy atom. The maximum absolute atomic E-state index is 12.8. The molecule has 1 saturated carbocycles. The summed E-state index contributed by atoms with van der Waals surface area (Å²) in [6.45, 7) is 4.08. The normalized spacial score (nSPS) is 18.9. The van der Waals surface area contributed by atoms with Crippen LogP contribution in [0.2, 0.25) is 0 Å². The Morgan fingerprint density at radius 1 is 1.22 bits per heavy atom. The summed E-state index contributed by atoms with van der Waals surface area (Å²) in [5.41, 5.74) is 3.11. The number of nitrogens with zero attached hydrogens (tertiary/aromatic N) is 5. The van der Waals surface area contributed by atoms with Gasteiger partial charge in [-0.15, -0.1) is 0 Å². The molecular formula is C22H28F2N6O2. The van der Waals surface area contributed by atoms with Gasteiger partial charge in [0.2, 0.25) is 5.91 Å². The fourth-order valence-electron chi connectivity index (χ4n) is 4.38. The van der Waals surface area contributed by atoms with Crippen LogP contribution in [0.15, 0.2) is 22.9 Å². The Labute approximate surface area is 185 Å². The molecule has 1 fully saturated rings. The first-order valence-electron chi connectivity index (χ1n) is 10.9. The second-order valence-electron chi connectivity index (χ2n) is 8.62. The standard InChI is InChI=1S/C22H28F2N6O2/c1-13-8-19(32-28-13)17-11-29(3)27-21(17)16-6-4-15(5-7-16)10-25-20(31)12-30-14(2)9-18(26-30)22(23)24/h8-9,11,15-16,22H,4-7,10,12H2,1-3H3,(H,25,31). The number of amides is 1. The molecule has 32 heavy (non-hydrogen) atoms.